The Morgan fingerprint density at radius 3 is 2.21 bits per heavy atom. The van der Waals surface area contributed by atoms with Gasteiger partial charge in [0.2, 0.25) is 5.91 Å². The highest BCUT2D eigenvalue weighted by Gasteiger charge is 2.33. The molecule has 2 aliphatic rings. The van der Waals surface area contributed by atoms with Crippen LogP contribution in [0.15, 0.2) is 24.3 Å². The van der Waals surface area contributed by atoms with Crippen LogP contribution in [0, 0.1) is 5.92 Å². The van der Waals surface area contributed by atoms with Crippen LogP contribution in [0.4, 0.5) is 0 Å². The molecule has 0 aromatic heterocycles. The monoisotopic (exact) mass is 329 g/mol. The van der Waals surface area contributed by atoms with Crippen molar-refractivity contribution in [2.45, 2.75) is 38.6 Å². The van der Waals surface area contributed by atoms with Crippen LogP contribution < -0.4 is 5.73 Å². The lowest BCUT2D eigenvalue weighted by Crippen LogP contribution is -2.51. The molecule has 1 saturated heterocycles. The van der Waals surface area contributed by atoms with E-state index < -0.39 is 0 Å². The maximum atomic E-state index is 12.6. The zero-order chi connectivity index (χ0) is 17.1. The van der Waals surface area contributed by atoms with Gasteiger partial charge in [0.1, 0.15) is 0 Å². The first-order chi connectivity index (χ1) is 11.6. The summed E-state index contributed by atoms with van der Waals surface area (Å²) in [5.41, 5.74) is 7.88. The van der Waals surface area contributed by atoms with Gasteiger partial charge in [0, 0.05) is 43.7 Å². The highest BCUT2D eigenvalue weighted by Crippen LogP contribution is 2.26. The molecule has 1 saturated carbocycles. The SMILES string of the molecule is CCc1ccc(C(=O)N2CCN(C(=O)C3CCC(N)C3)CC2)cc1. The lowest BCUT2D eigenvalue weighted by molar-refractivity contribution is -0.136. The Balaban J connectivity index is 1.54. The van der Waals surface area contributed by atoms with Gasteiger partial charge in [0.25, 0.3) is 5.91 Å². The second-order valence-corrected chi connectivity index (χ2v) is 6.94. The van der Waals surface area contributed by atoms with Crippen molar-refractivity contribution in [2.75, 3.05) is 26.2 Å². The number of carbonyl (C=O) groups excluding carboxylic acids is 2. The van der Waals surface area contributed by atoms with Crippen molar-refractivity contribution in [3.63, 3.8) is 0 Å². The van der Waals surface area contributed by atoms with E-state index in [1.807, 2.05) is 34.1 Å². The molecule has 1 aromatic rings. The van der Waals surface area contributed by atoms with Gasteiger partial charge in [-0.2, -0.15) is 0 Å². The average Bonchev–Trinajstić information content (AvgIpc) is 3.07. The number of amides is 2. The van der Waals surface area contributed by atoms with E-state index in [1.165, 1.54) is 5.56 Å². The van der Waals surface area contributed by atoms with Crippen molar-refractivity contribution in [3.8, 4) is 0 Å². The molecule has 0 spiro atoms. The molecule has 2 unspecified atom stereocenters. The molecule has 2 amide bonds. The number of aryl methyl sites for hydroxylation is 1. The Kier molecular flexibility index (Phi) is 5.19. The van der Waals surface area contributed by atoms with Gasteiger partial charge in [-0.1, -0.05) is 19.1 Å². The fourth-order valence-corrected chi connectivity index (χ4v) is 3.69. The molecule has 2 atom stereocenters. The van der Waals surface area contributed by atoms with Gasteiger partial charge in [-0.3, -0.25) is 9.59 Å². The molecule has 1 aliphatic carbocycles. The number of carbonyl (C=O) groups is 2. The largest absolute Gasteiger partial charge is 0.339 e. The molecule has 1 aliphatic heterocycles. The van der Waals surface area contributed by atoms with E-state index in [1.54, 1.807) is 0 Å². The van der Waals surface area contributed by atoms with E-state index in [4.69, 9.17) is 5.73 Å². The smallest absolute Gasteiger partial charge is 0.253 e. The van der Waals surface area contributed by atoms with Gasteiger partial charge in [-0.15, -0.1) is 0 Å². The second-order valence-electron chi connectivity index (χ2n) is 6.94. The summed E-state index contributed by atoms with van der Waals surface area (Å²) in [5, 5.41) is 0. The Labute approximate surface area is 143 Å². The van der Waals surface area contributed by atoms with E-state index in [2.05, 4.69) is 6.92 Å². The molecule has 24 heavy (non-hydrogen) atoms. The molecular weight excluding hydrogens is 302 g/mol. The van der Waals surface area contributed by atoms with Gasteiger partial charge in [-0.25, -0.2) is 0 Å². The highest BCUT2D eigenvalue weighted by atomic mass is 16.2. The van der Waals surface area contributed by atoms with Crippen LogP contribution in [0.1, 0.15) is 42.1 Å². The van der Waals surface area contributed by atoms with E-state index in [9.17, 15) is 9.59 Å². The normalized spacial score (nSPS) is 24.2. The topological polar surface area (TPSA) is 66.6 Å². The van der Waals surface area contributed by atoms with E-state index >= 15 is 0 Å². The summed E-state index contributed by atoms with van der Waals surface area (Å²) < 4.78 is 0. The van der Waals surface area contributed by atoms with Crippen LogP contribution in [0.3, 0.4) is 0 Å². The number of piperazine rings is 1. The first-order valence-corrected chi connectivity index (χ1v) is 9.01. The first kappa shape index (κ1) is 17.0. The molecule has 130 valence electrons. The minimum absolute atomic E-state index is 0.0626. The third kappa shape index (κ3) is 3.61. The summed E-state index contributed by atoms with van der Waals surface area (Å²) in [7, 11) is 0. The quantitative estimate of drug-likeness (QED) is 0.917. The van der Waals surface area contributed by atoms with Crippen LogP contribution in [-0.4, -0.2) is 53.8 Å². The zero-order valence-corrected chi connectivity index (χ0v) is 14.4. The van der Waals surface area contributed by atoms with Crippen LogP contribution in [0.25, 0.3) is 0 Å². The predicted octanol–water partition coefficient (Wildman–Crippen LogP) is 1.66. The van der Waals surface area contributed by atoms with Crippen molar-refractivity contribution in [1.82, 2.24) is 9.80 Å². The summed E-state index contributed by atoms with van der Waals surface area (Å²) in [4.78, 5) is 28.9. The average molecular weight is 329 g/mol. The third-order valence-electron chi connectivity index (χ3n) is 5.31. The molecule has 1 heterocycles. The lowest BCUT2D eigenvalue weighted by atomic mass is 10.1. The van der Waals surface area contributed by atoms with Crippen molar-refractivity contribution >= 4 is 11.8 Å². The van der Waals surface area contributed by atoms with Gasteiger partial charge >= 0.3 is 0 Å². The summed E-state index contributed by atoms with van der Waals surface area (Å²) in [6, 6.07) is 8.00. The molecule has 5 heteroatoms. The fourth-order valence-electron chi connectivity index (χ4n) is 3.69. The van der Waals surface area contributed by atoms with Gasteiger partial charge in [0.05, 0.1) is 0 Å². The summed E-state index contributed by atoms with van der Waals surface area (Å²) >= 11 is 0. The Bertz CT molecular complexity index is 591. The summed E-state index contributed by atoms with van der Waals surface area (Å²) in [6.45, 7) is 4.58. The predicted molar refractivity (Wildman–Crippen MR) is 93.6 cm³/mol. The van der Waals surface area contributed by atoms with E-state index in [0.717, 1.165) is 31.2 Å². The van der Waals surface area contributed by atoms with Crippen molar-refractivity contribution in [3.05, 3.63) is 35.4 Å². The molecule has 3 rings (SSSR count). The van der Waals surface area contributed by atoms with E-state index in [-0.39, 0.29) is 23.8 Å². The number of nitrogens with two attached hydrogens (primary N) is 1. The van der Waals surface area contributed by atoms with Crippen LogP contribution in [0.5, 0.6) is 0 Å². The van der Waals surface area contributed by atoms with Crippen LogP contribution in [-0.2, 0) is 11.2 Å². The van der Waals surface area contributed by atoms with Crippen molar-refractivity contribution in [2.24, 2.45) is 11.7 Å². The van der Waals surface area contributed by atoms with Crippen LogP contribution >= 0.6 is 0 Å². The Morgan fingerprint density at radius 2 is 1.67 bits per heavy atom. The highest BCUT2D eigenvalue weighted by molar-refractivity contribution is 5.94. The maximum absolute atomic E-state index is 12.6. The van der Waals surface area contributed by atoms with Gasteiger partial charge in [0.15, 0.2) is 0 Å². The molecule has 5 nitrogen and oxygen atoms in total. The maximum Gasteiger partial charge on any atom is 0.253 e. The Morgan fingerprint density at radius 1 is 1.04 bits per heavy atom. The molecule has 0 bridgehead atoms. The molecule has 0 radical (unpaired) electrons. The molecule has 1 aromatic carbocycles. The molecule has 2 N–H and O–H groups in total. The minimum Gasteiger partial charge on any atom is -0.339 e. The van der Waals surface area contributed by atoms with Crippen molar-refractivity contribution < 1.29 is 9.59 Å². The number of hydrogen-bond acceptors (Lipinski definition) is 3. The van der Waals surface area contributed by atoms with Crippen molar-refractivity contribution in [1.29, 1.82) is 0 Å². The molecular formula is C19H27N3O2. The standard InChI is InChI=1S/C19H27N3O2/c1-2-14-3-5-15(6-4-14)18(23)21-9-11-22(12-10-21)19(24)16-7-8-17(20)13-16/h3-6,16-17H,2,7-13,20H2,1H3. The lowest BCUT2D eigenvalue weighted by Gasteiger charge is -2.36. The Hall–Kier alpha value is -1.88. The third-order valence-corrected chi connectivity index (χ3v) is 5.31. The number of benzene rings is 1. The fraction of sp³-hybridized carbons (Fsp3) is 0.579. The first-order valence-electron chi connectivity index (χ1n) is 9.01. The van der Waals surface area contributed by atoms with Gasteiger partial charge in [-0.05, 0) is 43.4 Å². The number of nitrogens with zero attached hydrogens (tertiary/aromatic N) is 2. The zero-order valence-electron chi connectivity index (χ0n) is 14.4. The molecule has 2 fully saturated rings. The van der Waals surface area contributed by atoms with Crippen LogP contribution in [0.2, 0.25) is 0 Å². The number of hydrogen-bond donors (Lipinski definition) is 1. The number of rotatable bonds is 3. The summed E-state index contributed by atoms with van der Waals surface area (Å²) in [6.07, 6.45) is 3.63. The summed E-state index contributed by atoms with van der Waals surface area (Å²) in [5.74, 6) is 0.374. The second kappa shape index (κ2) is 7.34. The van der Waals surface area contributed by atoms with Gasteiger partial charge < -0.3 is 15.5 Å². The minimum atomic E-state index is 0.0626. The van der Waals surface area contributed by atoms with E-state index in [0.29, 0.717) is 26.2 Å².